The molecule has 0 aromatic rings. The Hall–Kier alpha value is -1.26. The van der Waals surface area contributed by atoms with E-state index in [1.54, 1.807) is 0 Å². The molecule has 1 atom stereocenters. The number of nitrogens with zero attached hydrogens (tertiary/aromatic N) is 1. The summed E-state index contributed by atoms with van der Waals surface area (Å²) in [6.07, 6.45) is 0.828. The van der Waals surface area contributed by atoms with Crippen molar-refractivity contribution in [2.45, 2.75) is 59.5 Å². The smallest absolute Gasteiger partial charge is 0.323 e. The Balaban J connectivity index is 4.81. The van der Waals surface area contributed by atoms with Crippen LogP contribution in [0.4, 0.5) is 4.79 Å². The van der Waals surface area contributed by atoms with E-state index in [1.807, 2.05) is 41.5 Å². The first-order valence-electron chi connectivity index (χ1n) is 6.39. The first kappa shape index (κ1) is 16.7. The molecule has 0 aliphatic carbocycles. The number of urea groups is 1. The molecule has 106 valence electrons. The Morgan fingerprint density at radius 3 is 2.06 bits per heavy atom. The summed E-state index contributed by atoms with van der Waals surface area (Å²) >= 11 is 0. The second-order valence-electron chi connectivity index (χ2n) is 5.86. The zero-order valence-electron chi connectivity index (χ0n) is 12.3. The topological polar surface area (TPSA) is 69.6 Å². The molecular formula is C13H26N2O3. The summed E-state index contributed by atoms with van der Waals surface area (Å²) in [5.74, 6) is -0.678. The minimum Gasteiger partial charge on any atom is -0.480 e. The molecule has 0 fully saturated rings. The van der Waals surface area contributed by atoms with Crippen LogP contribution in [0.25, 0.3) is 0 Å². The van der Waals surface area contributed by atoms with E-state index >= 15 is 0 Å². The molecule has 0 aromatic carbocycles. The van der Waals surface area contributed by atoms with Gasteiger partial charge in [-0.1, -0.05) is 20.8 Å². The zero-order valence-corrected chi connectivity index (χ0v) is 12.3. The van der Waals surface area contributed by atoms with Crippen LogP contribution < -0.4 is 5.32 Å². The third-order valence-corrected chi connectivity index (χ3v) is 2.90. The van der Waals surface area contributed by atoms with Crippen LogP contribution in [0.2, 0.25) is 0 Å². The van der Waals surface area contributed by atoms with Gasteiger partial charge in [-0.2, -0.15) is 0 Å². The standard InChI is InChI=1S/C13H26N2O3/c1-7-10(9(2)3)14-12(18)15(8-11(16)17)13(4,5)6/h9-10H,7-8H2,1-6H3,(H,14,18)(H,16,17). The Labute approximate surface area is 110 Å². The summed E-state index contributed by atoms with van der Waals surface area (Å²) in [5.41, 5.74) is -0.516. The maximum atomic E-state index is 12.2. The van der Waals surface area contributed by atoms with Gasteiger partial charge in [-0.3, -0.25) is 4.79 Å². The van der Waals surface area contributed by atoms with Gasteiger partial charge in [0.15, 0.2) is 0 Å². The molecule has 0 saturated carbocycles. The van der Waals surface area contributed by atoms with E-state index in [2.05, 4.69) is 5.32 Å². The number of hydrogen-bond donors (Lipinski definition) is 2. The van der Waals surface area contributed by atoms with E-state index < -0.39 is 11.5 Å². The van der Waals surface area contributed by atoms with Crippen molar-refractivity contribution >= 4 is 12.0 Å². The Kier molecular flexibility index (Phi) is 6.15. The quantitative estimate of drug-likeness (QED) is 0.795. The molecule has 2 N–H and O–H groups in total. The minimum absolute atomic E-state index is 0.0659. The Morgan fingerprint density at radius 2 is 1.78 bits per heavy atom. The van der Waals surface area contributed by atoms with Gasteiger partial charge in [-0.05, 0) is 33.1 Å². The van der Waals surface area contributed by atoms with Crippen molar-refractivity contribution in [1.82, 2.24) is 10.2 Å². The average molecular weight is 258 g/mol. The van der Waals surface area contributed by atoms with Crippen molar-refractivity contribution in [2.24, 2.45) is 5.92 Å². The van der Waals surface area contributed by atoms with Crippen LogP contribution in [-0.4, -0.2) is 40.1 Å². The highest BCUT2D eigenvalue weighted by molar-refractivity contribution is 5.81. The molecule has 0 radical (unpaired) electrons. The highest BCUT2D eigenvalue weighted by atomic mass is 16.4. The molecule has 2 amide bonds. The maximum Gasteiger partial charge on any atom is 0.323 e. The van der Waals surface area contributed by atoms with E-state index in [4.69, 9.17) is 5.11 Å². The van der Waals surface area contributed by atoms with E-state index in [0.717, 1.165) is 6.42 Å². The number of amides is 2. The lowest BCUT2D eigenvalue weighted by molar-refractivity contribution is -0.138. The van der Waals surface area contributed by atoms with Gasteiger partial charge in [0.05, 0.1) is 0 Å². The number of carbonyl (C=O) groups is 2. The third kappa shape index (κ3) is 5.38. The molecule has 1 unspecified atom stereocenters. The first-order valence-corrected chi connectivity index (χ1v) is 6.39. The molecule has 0 bridgehead atoms. The number of carboxylic acids is 1. The summed E-state index contributed by atoms with van der Waals surface area (Å²) < 4.78 is 0. The molecule has 0 aromatic heterocycles. The number of carboxylic acid groups (broad SMARTS) is 1. The van der Waals surface area contributed by atoms with Gasteiger partial charge in [-0.25, -0.2) is 4.79 Å². The van der Waals surface area contributed by atoms with E-state index in [0.29, 0.717) is 5.92 Å². The molecule has 0 spiro atoms. The summed E-state index contributed by atoms with van der Waals surface area (Å²) in [7, 11) is 0. The van der Waals surface area contributed by atoms with Crippen molar-refractivity contribution in [3.8, 4) is 0 Å². The summed E-state index contributed by atoms with van der Waals surface area (Å²) in [6.45, 7) is 11.3. The fourth-order valence-electron chi connectivity index (χ4n) is 1.73. The molecule has 0 aliphatic rings. The predicted molar refractivity (Wildman–Crippen MR) is 71.5 cm³/mol. The van der Waals surface area contributed by atoms with Crippen LogP contribution >= 0.6 is 0 Å². The highest BCUT2D eigenvalue weighted by Crippen LogP contribution is 2.14. The van der Waals surface area contributed by atoms with Gasteiger partial charge < -0.3 is 15.3 Å². The van der Waals surface area contributed by atoms with Gasteiger partial charge in [0.25, 0.3) is 0 Å². The van der Waals surface area contributed by atoms with Crippen molar-refractivity contribution in [3.05, 3.63) is 0 Å². The lowest BCUT2D eigenvalue weighted by Gasteiger charge is -2.36. The summed E-state index contributed by atoms with van der Waals surface area (Å²) in [6, 6.07) is -0.249. The summed E-state index contributed by atoms with van der Waals surface area (Å²) in [5, 5.41) is 11.8. The number of aliphatic carboxylic acids is 1. The van der Waals surface area contributed by atoms with Crippen molar-refractivity contribution in [1.29, 1.82) is 0 Å². The molecule has 5 nitrogen and oxygen atoms in total. The lowest BCUT2D eigenvalue weighted by atomic mass is 10.0. The van der Waals surface area contributed by atoms with Crippen LogP contribution in [0.15, 0.2) is 0 Å². The Bertz CT molecular complexity index is 295. The van der Waals surface area contributed by atoms with Gasteiger partial charge >= 0.3 is 12.0 Å². The molecule has 5 heteroatoms. The van der Waals surface area contributed by atoms with E-state index in [-0.39, 0.29) is 18.6 Å². The van der Waals surface area contributed by atoms with Crippen molar-refractivity contribution in [3.63, 3.8) is 0 Å². The molecule has 0 rings (SSSR count). The summed E-state index contributed by atoms with van der Waals surface area (Å²) in [4.78, 5) is 24.3. The molecule has 0 saturated heterocycles. The number of hydrogen-bond acceptors (Lipinski definition) is 2. The second-order valence-corrected chi connectivity index (χ2v) is 5.86. The molecule has 18 heavy (non-hydrogen) atoms. The zero-order chi connectivity index (χ0) is 14.5. The van der Waals surface area contributed by atoms with E-state index in [9.17, 15) is 9.59 Å². The van der Waals surface area contributed by atoms with Crippen LogP contribution in [0.1, 0.15) is 48.0 Å². The van der Waals surface area contributed by atoms with Crippen LogP contribution in [-0.2, 0) is 4.79 Å². The first-order chi connectivity index (χ1) is 8.09. The molecule has 0 aliphatic heterocycles. The number of nitrogens with one attached hydrogen (secondary N) is 1. The fourth-order valence-corrected chi connectivity index (χ4v) is 1.73. The SMILES string of the molecule is CCC(NC(=O)N(CC(=O)O)C(C)(C)C)C(C)C. The average Bonchev–Trinajstić information content (AvgIpc) is 2.19. The van der Waals surface area contributed by atoms with Gasteiger partial charge in [0.1, 0.15) is 6.54 Å². The van der Waals surface area contributed by atoms with Crippen LogP contribution in [0, 0.1) is 5.92 Å². The second kappa shape index (κ2) is 6.61. The number of rotatable bonds is 5. The predicted octanol–water partition coefficient (Wildman–Crippen LogP) is 2.32. The largest absolute Gasteiger partial charge is 0.480 e. The van der Waals surface area contributed by atoms with E-state index in [1.165, 1.54) is 4.90 Å². The van der Waals surface area contributed by atoms with Crippen molar-refractivity contribution < 1.29 is 14.7 Å². The lowest BCUT2D eigenvalue weighted by Crippen LogP contribution is -2.55. The van der Waals surface area contributed by atoms with Gasteiger partial charge in [0.2, 0.25) is 0 Å². The Morgan fingerprint density at radius 1 is 1.28 bits per heavy atom. The van der Waals surface area contributed by atoms with Crippen LogP contribution in [0.5, 0.6) is 0 Å². The normalized spacial score (nSPS) is 13.3. The molecule has 0 heterocycles. The number of carbonyl (C=O) groups excluding carboxylic acids is 1. The van der Waals surface area contributed by atoms with Crippen LogP contribution in [0.3, 0.4) is 0 Å². The monoisotopic (exact) mass is 258 g/mol. The fraction of sp³-hybridized carbons (Fsp3) is 0.846. The highest BCUT2D eigenvalue weighted by Gasteiger charge is 2.29. The third-order valence-electron chi connectivity index (χ3n) is 2.90. The molecular weight excluding hydrogens is 232 g/mol. The minimum atomic E-state index is -1.00. The van der Waals surface area contributed by atoms with Gasteiger partial charge in [-0.15, -0.1) is 0 Å². The maximum absolute atomic E-state index is 12.2. The van der Waals surface area contributed by atoms with Crippen molar-refractivity contribution in [2.75, 3.05) is 6.54 Å². The van der Waals surface area contributed by atoms with Gasteiger partial charge in [0, 0.05) is 11.6 Å².